The Morgan fingerprint density at radius 3 is 2.58 bits per heavy atom. The molecular weight excluding hydrogens is 390 g/mol. The Bertz CT molecular complexity index is 966. The molecule has 2 aliphatic heterocycles. The lowest BCUT2D eigenvalue weighted by Gasteiger charge is -2.39. The Kier molecular flexibility index (Phi) is 6.16. The number of nitrogens with zero attached hydrogens (tertiary/aromatic N) is 2. The Morgan fingerprint density at radius 1 is 1.10 bits per heavy atom. The lowest BCUT2D eigenvalue weighted by atomic mass is 9.96. The molecule has 0 radical (unpaired) electrons. The van der Waals surface area contributed by atoms with Crippen molar-refractivity contribution in [2.45, 2.75) is 46.3 Å². The molecular formula is C25H31N3O3. The number of aryl methyl sites for hydroxylation is 2. The van der Waals surface area contributed by atoms with Gasteiger partial charge in [0, 0.05) is 25.6 Å². The Balaban J connectivity index is 1.35. The first-order chi connectivity index (χ1) is 14.9. The van der Waals surface area contributed by atoms with Crippen molar-refractivity contribution in [1.29, 1.82) is 0 Å². The van der Waals surface area contributed by atoms with E-state index in [1.807, 2.05) is 60.0 Å². The van der Waals surface area contributed by atoms with Gasteiger partial charge in [-0.05, 0) is 62.4 Å². The summed E-state index contributed by atoms with van der Waals surface area (Å²) in [6.45, 7) is 8.31. The van der Waals surface area contributed by atoms with Crippen LogP contribution in [0.4, 0.5) is 10.5 Å². The molecule has 1 atom stereocenters. The molecule has 4 rings (SSSR count). The maximum atomic E-state index is 13.3. The van der Waals surface area contributed by atoms with E-state index in [9.17, 15) is 9.59 Å². The predicted molar refractivity (Wildman–Crippen MR) is 121 cm³/mol. The molecule has 2 aromatic carbocycles. The minimum absolute atomic E-state index is 0.000712. The number of hydrogen-bond acceptors (Lipinski definition) is 3. The molecule has 3 amide bonds. The van der Waals surface area contributed by atoms with E-state index in [0.717, 1.165) is 22.6 Å². The fraction of sp³-hybridized carbons (Fsp3) is 0.440. The van der Waals surface area contributed by atoms with Crippen LogP contribution in [0.5, 0.6) is 5.75 Å². The van der Waals surface area contributed by atoms with Crippen LogP contribution in [0.15, 0.2) is 42.5 Å². The zero-order valence-corrected chi connectivity index (χ0v) is 18.6. The van der Waals surface area contributed by atoms with Crippen LogP contribution in [0, 0.1) is 19.8 Å². The van der Waals surface area contributed by atoms with Gasteiger partial charge in [0.05, 0.1) is 12.2 Å². The van der Waals surface area contributed by atoms with E-state index in [1.54, 1.807) is 0 Å². The van der Waals surface area contributed by atoms with Gasteiger partial charge in [-0.15, -0.1) is 0 Å². The van der Waals surface area contributed by atoms with E-state index in [-0.39, 0.29) is 24.0 Å². The Morgan fingerprint density at radius 2 is 1.84 bits per heavy atom. The number of nitrogens with one attached hydrogen (secondary N) is 1. The highest BCUT2D eigenvalue weighted by atomic mass is 16.5. The lowest BCUT2D eigenvalue weighted by molar-refractivity contribution is -0.126. The third kappa shape index (κ3) is 4.68. The van der Waals surface area contributed by atoms with Gasteiger partial charge in [-0.1, -0.05) is 30.3 Å². The van der Waals surface area contributed by atoms with Crippen LogP contribution < -0.4 is 15.0 Å². The molecule has 1 fully saturated rings. The maximum absolute atomic E-state index is 13.3. The van der Waals surface area contributed by atoms with Crippen molar-refractivity contribution in [3.63, 3.8) is 0 Å². The summed E-state index contributed by atoms with van der Waals surface area (Å²) in [4.78, 5) is 29.7. The standard InChI is InChI=1S/C25H31N3O3/c1-17-8-9-23-22(14-17)28(16-19(3)31-23)25(30)27-12-10-20(11-13-27)24(29)26-15-21-7-5-4-6-18(21)2/h4-9,14,19-20H,10-13,15-16H2,1-3H3,(H,26,29)/t19-/m1/s1. The van der Waals surface area contributed by atoms with Crippen molar-refractivity contribution in [3.8, 4) is 5.75 Å². The van der Waals surface area contributed by atoms with Crippen molar-refractivity contribution in [3.05, 3.63) is 59.2 Å². The quantitative estimate of drug-likeness (QED) is 0.814. The normalized spacial score (nSPS) is 18.9. The number of rotatable bonds is 3. The number of fused-ring (bicyclic) bond motifs is 1. The molecule has 0 unspecified atom stereocenters. The minimum atomic E-state index is -0.0519. The number of ether oxygens (including phenoxy) is 1. The monoisotopic (exact) mass is 421 g/mol. The summed E-state index contributed by atoms with van der Waals surface area (Å²) >= 11 is 0. The predicted octanol–water partition coefficient (Wildman–Crippen LogP) is 4.04. The average Bonchev–Trinajstić information content (AvgIpc) is 2.77. The molecule has 6 nitrogen and oxygen atoms in total. The maximum Gasteiger partial charge on any atom is 0.324 e. The molecule has 0 aliphatic carbocycles. The number of amides is 3. The fourth-order valence-electron chi connectivity index (χ4n) is 4.37. The summed E-state index contributed by atoms with van der Waals surface area (Å²) in [6, 6.07) is 14.0. The number of urea groups is 1. The van der Waals surface area contributed by atoms with Crippen LogP contribution in [0.3, 0.4) is 0 Å². The lowest BCUT2D eigenvalue weighted by Crippen LogP contribution is -2.52. The number of anilines is 1. The summed E-state index contributed by atoms with van der Waals surface area (Å²) in [7, 11) is 0. The van der Waals surface area contributed by atoms with Crippen LogP contribution in [0.25, 0.3) is 0 Å². The first-order valence-electron chi connectivity index (χ1n) is 11.1. The Hall–Kier alpha value is -3.02. The number of likely N-dealkylation sites (tertiary alicyclic amines) is 1. The first-order valence-corrected chi connectivity index (χ1v) is 11.1. The third-order valence-corrected chi connectivity index (χ3v) is 6.25. The van der Waals surface area contributed by atoms with E-state index < -0.39 is 0 Å². The first kappa shape index (κ1) is 21.2. The van der Waals surface area contributed by atoms with Crippen LogP contribution in [-0.4, -0.2) is 42.6 Å². The van der Waals surface area contributed by atoms with Gasteiger partial charge in [-0.3, -0.25) is 9.69 Å². The van der Waals surface area contributed by atoms with Gasteiger partial charge in [-0.25, -0.2) is 4.79 Å². The molecule has 164 valence electrons. The number of carbonyl (C=O) groups excluding carboxylic acids is 2. The molecule has 31 heavy (non-hydrogen) atoms. The van der Waals surface area contributed by atoms with Gasteiger partial charge in [0.15, 0.2) is 0 Å². The SMILES string of the molecule is Cc1ccc2c(c1)N(C(=O)N1CCC(C(=O)NCc3ccccc3C)CC1)C[C@@H](C)O2. The molecule has 2 aliphatic rings. The molecule has 1 N–H and O–H groups in total. The number of benzene rings is 2. The van der Waals surface area contributed by atoms with E-state index >= 15 is 0 Å². The van der Waals surface area contributed by atoms with Gasteiger partial charge >= 0.3 is 6.03 Å². The number of piperidine rings is 1. The van der Waals surface area contributed by atoms with Crippen molar-refractivity contribution >= 4 is 17.6 Å². The number of hydrogen-bond donors (Lipinski definition) is 1. The molecule has 0 bridgehead atoms. The summed E-state index contributed by atoms with van der Waals surface area (Å²) in [6.07, 6.45) is 1.32. The van der Waals surface area contributed by atoms with E-state index in [2.05, 4.69) is 18.3 Å². The summed E-state index contributed by atoms with van der Waals surface area (Å²) in [5.41, 5.74) is 4.25. The van der Waals surface area contributed by atoms with Gasteiger partial charge in [0.1, 0.15) is 11.9 Å². The third-order valence-electron chi connectivity index (χ3n) is 6.25. The van der Waals surface area contributed by atoms with E-state index in [4.69, 9.17) is 4.74 Å². The van der Waals surface area contributed by atoms with Gasteiger partial charge in [0.2, 0.25) is 5.91 Å². The topological polar surface area (TPSA) is 61.9 Å². The minimum Gasteiger partial charge on any atom is -0.487 e. The zero-order chi connectivity index (χ0) is 22.0. The molecule has 0 aromatic heterocycles. The van der Waals surface area contributed by atoms with Crippen LogP contribution in [-0.2, 0) is 11.3 Å². The highest BCUT2D eigenvalue weighted by Gasteiger charge is 2.34. The summed E-state index contributed by atoms with van der Waals surface area (Å²) in [5.74, 6) is 0.783. The smallest absolute Gasteiger partial charge is 0.324 e. The van der Waals surface area contributed by atoms with Crippen LogP contribution in [0.1, 0.15) is 36.5 Å². The van der Waals surface area contributed by atoms with Crippen molar-refractivity contribution < 1.29 is 14.3 Å². The van der Waals surface area contributed by atoms with Crippen LogP contribution in [0.2, 0.25) is 0 Å². The zero-order valence-electron chi connectivity index (χ0n) is 18.6. The second-order valence-corrected chi connectivity index (χ2v) is 8.70. The molecule has 0 saturated carbocycles. The summed E-state index contributed by atoms with van der Waals surface area (Å²) < 4.78 is 5.91. The summed E-state index contributed by atoms with van der Waals surface area (Å²) in [5, 5.41) is 3.07. The highest BCUT2D eigenvalue weighted by molar-refractivity contribution is 5.94. The second-order valence-electron chi connectivity index (χ2n) is 8.70. The van der Waals surface area contributed by atoms with Crippen molar-refractivity contribution in [1.82, 2.24) is 10.2 Å². The molecule has 2 heterocycles. The second kappa shape index (κ2) is 9.00. The average molecular weight is 422 g/mol. The largest absolute Gasteiger partial charge is 0.487 e. The highest BCUT2D eigenvalue weighted by Crippen LogP contribution is 2.35. The van der Waals surface area contributed by atoms with Gasteiger partial charge in [-0.2, -0.15) is 0 Å². The van der Waals surface area contributed by atoms with Gasteiger partial charge in [0.25, 0.3) is 0 Å². The Labute approximate surface area is 184 Å². The fourth-order valence-corrected chi connectivity index (χ4v) is 4.37. The van der Waals surface area contributed by atoms with Gasteiger partial charge < -0.3 is 15.0 Å². The molecule has 1 saturated heterocycles. The number of carbonyl (C=O) groups is 2. The molecule has 0 spiro atoms. The van der Waals surface area contributed by atoms with Crippen molar-refractivity contribution in [2.24, 2.45) is 5.92 Å². The molecule has 2 aromatic rings. The molecule has 6 heteroatoms. The van der Waals surface area contributed by atoms with Crippen LogP contribution >= 0.6 is 0 Å². The van der Waals surface area contributed by atoms with E-state index in [0.29, 0.717) is 39.0 Å². The van der Waals surface area contributed by atoms with E-state index in [1.165, 1.54) is 5.56 Å². The van der Waals surface area contributed by atoms with Crippen molar-refractivity contribution in [2.75, 3.05) is 24.5 Å².